The van der Waals surface area contributed by atoms with E-state index in [-0.39, 0.29) is 17.8 Å². The van der Waals surface area contributed by atoms with Crippen LogP contribution in [-0.4, -0.2) is 52.3 Å². The molecule has 0 radical (unpaired) electrons. The second-order valence-corrected chi connectivity index (χ2v) is 7.66. The van der Waals surface area contributed by atoms with E-state index in [0.717, 1.165) is 60.8 Å². The topological polar surface area (TPSA) is 61.0 Å². The largest absolute Gasteiger partial charge is 0.344 e. The molecule has 1 aliphatic heterocycles. The zero-order valence-electron chi connectivity index (χ0n) is 15.0. The average Bonchev–Trinajstić information content (AvgIpc) is 3.33. The Morgan fingerprint density at radius 3 is 2.85 bits per heavy atom. The van der Waals surface area contributed by atoms with E-state index in [0.29, 0.717) is 0 Å². The van der Waals surface area contributed by atoms with Crippen molar-refractivity contribution in [3.63, 3.8) is 0 Å². The molecule has 1 fully saturated rings. The van der Waals surface area contributed by atoms with Crippen LogP contribution < -0.4 is 5.32 Å². The van der Waals surface area contributed by atoms with Gasteiger partial charge in [-0.3, -0.25) is 15.2 Å². The third-order valence-electron chi connectivity index (χ3n) is 4.60. The normalized spacial score (nSPS) is 16.8. The predicted molar refractivity (Wildman–Crippen MR) is 103 cm³/mol. The van der Waals surface area contributed by atoms with Crippen LogP contribution in [0.5, 0.6) is 0 Å². The van der Waals surface area contributed by atoms with Gasteiger partial charge in [0.05, 0.1) is 11.7 Å². The number of hydrogen-bond acceptors (Lipinski definition) is 4. The maximum absolute atomic E-state index is 13.0. The summed E-state index contributed by atoms with van der Waals surface area (Å²) in [5, 5.41) is 10.6. The van der Waals surface area contributed by atoms with Gasteiger partial charge in [-0.05, 0) is 49.6 Å². The number of carbonyl (C=O) groups is 1. The lowest BCUT2D eigenvalue weighted by molar-refractivity contribution is -0.131. The van der Waals surface area contributed by atoms with Crippen molar-refractivity contribution in [1.82, 2.24) is 20.4 Å². The van der Waals surface area contributed by atoms with Gasteiger partial charge < -0.3 is 4.90 Å². The summed E-state index contributed by atoms with van der Waals surface area (Å²) in [4.78, 5) is 14.0. The van der Waals surface area contributed by atoms with Crippen LogP contribution >= 0.6 is 11.8 Å². The van der Waals surface area contributed by atoms with Crippen LogP contribution in [0, 0.1) is 5.82 Å². The number of hydrogen-bond donors (Lipinski definition) is 2. The third-order valence-corrected chi connectivity index (χ3v) is 5.54. The minimum absolute atomic E-state index is 0.0140. The maximum Gasteiger partial charge on any atom is 0.240 e. The molecule has 0 aliphatic carbocycles. The zero-order valence-corrected chi connectivity index (χ0v) is 15.8. The van der Waals surface area contributed by atoms with Gasteiger partial charge in [-0.15, -0.1) is 11.8 Å². The van der Waals surface area contributed by atoms with Gasteiger partial charge in [0.2, 0.25) is 5.91 Å². The molecule has 140 valence electrons. The van der Waals surface area contributed by atoms with Crippen molar-refractivity contribution in [3.8, 4) is 11.3 Å². The lowest BCUT2D eigenvalue weighted by Crippen LogP contribution is -2.43. The lowest BCUT2D eigenvalue weighted by atomic mass is 10.1. The van der Waals surface area contributed by atoms with Gasteiger partial charge in [0.1, 0.15) is 5.82 Å². The monoisotopic (exact) mass is 376 g/mol. The van der Waals surface area contributed by atoms with Crippen molar-refractivity contribution in [2.45, 2.75) is 31.7 Å². The van der Waals surface area contributed by atoms with Crippen LogP contribution in [0.15, 0.2) is 30.3 Å². The fraction of sp³-hybridized carbons (Fsp3) is 0.474. The number of H-pyrrole nitrogens is 1. The Kier molecular flexibility index (Phi) is 6.68. The number of amides is 1. The summed E-state index contributed by atoms with van der Waals surface area (Å²) in [6.07, 6.45) is 4.04. The molecule has 1 aliphatic rings. The van der Waals surface area contributed by atoms with Crippen molar-refractivity contribution in [2.75, 3.05) is 25.2 Å². The minimum Gasteiger partial charge on any atom is -0.344 e. The summed E-state index contributed by atoms with van der Waals surface area (Å²) in [7, 11) is 1.89. The van der Waals surface area contributed by atoms with Gasteiger partial charge in [-0.25, -0.2) is 4.39 Å². The molecule has 1 unspecified atom stereocenters. The third kappa shape index (κ3) is 5.08. The fourth-order valence-corrected chi connectivity index (χ4v) is 3.96. The molecule has 26 heavy (non-hydrogen) atoms. The number of carbonyl (C=O) groups excluding carboxylic acids is 1. The lowest BCUT2D eigenvalue weighted by Gasteiger charge is -2.20. The van der Waals surface area contributed by atoms with E-state index < -0.39 is 0 Å². The molecule has 2 aromatic rings. The quantitative estimate of drug-likeness (QED) is 0.695. The first-order valence-corrected chi connectivity index (χ1v) is 10.2. The number of aryl methyl sites for hydroxylation is 1. The molecular formula is C19H25FN4OS. The summed E-state index contributed by atoms with van der Waals surface area (Å²) in [5.74, 6) is 1.70. The Morgan fingerprint density at radius 2 is 2.12 bits per heavy atom. The number of aromatic nitrogens is 2. The predicted octanol–water partition coefficient (Wildman–Crippen LogP) is 3.05. The first-order valence-electron chi connectivity index (χ1n) is 9.00. The highest BCUT2D eigenvalue weighted by molar-refractivity contribution is 7.99. The molecular weight excluding hydrogens is 351 g/mol. The first kappa shape index (κ1) is 18.9. The molecule has 1 aromatic carbocycles. The van der Waals surface area contributed by atoms with Gasteiger partial charge in [0.15, 0.2) is 0 Å². The van der Waals surface area contributed by atoms with E-state index in [2.05, 4.69) is 15.5 Å². The second-order valence-electron chi connectivity index (χ2n) is 6.63. The van der Waals surface area contributed by atoms with E-state index in [9.17, 15) is 9.18 Å². The summed E-state index contributed by atoms with van der Waals surface area (Å²) in [6, 6.07) is 8.37. The van der Waals surface area contributed by atoms with Crippen LogP contribution in [0.25, 0.3) is 11.3 Å². The van der Waals surface area contributed by atoms with Gasteiger partial charge in [0, 0.05) is 36.5 Å². The standard InChI is InChI=1S/C19H25FN4OS/c1-24(19(25)18-12-26-13-21-18)10-4-2-3-5-16-11-17(23-22-16)14-6-8-15(20)9-7-14/h6-9,11,18,21H,2-5,10,12-13H2,1H3,(H,22,23). The van der Waals surface area contributed by atoms with E-state index in [4.69, 9.17) is 0 Å². The Bertz CT molecular complexity index is 713. The first-order chi connectivity index (χ1) is 12.6. The van der Waals surface area contributed by atoms with Gasteiger partial charge >= 0.3 is 0 Å². The Labute approximate surface area is 157 Å². The fourth-order valence-electron chi connectivity index (χ4n) is 3.03. The minimum atomic E-state index is -0.240. The van der Waals surface area contributed by atoms with Crippen molar-refractivity contribution in [2.24, 2.45) is 0 Å². The van der Waals surface area contributed by atoms with Gasteiger partial charge in [-0.1, -0.05) is 6.42 Å². The molecule has 3 rings (SSSR count). The summed E-state index contributed by atoms with van der Waals surface area (Å²) >= 11 is 1.77. The molecule has 1 aromatic heterocycles. The number of halogens is 1. The number of thioether (sulfide) groups is 1. The Morgan fingerprint density at radius 1 is 1.31 bits per heavy atom. The van der Waals surface area contributed by atoms with E-state index in [1.54, 1.807) is 23.9 Å². The Hall–Kier alpha value is -1.86. The zero-order chi connectivity index (χ0) is 18.4. The number of rotatable bonds is 8. The summed E-state index contributed by atoms with van der Waals surface area (Å²) in [6.45, 7) is 0.797. The average molecular weight is 377 g/mol. The molecule has 1 saturated heterocycles. The van der Waals surface area contributed by atoms with E-state index in [1.807, 2.05) is 18.0 Å². The van der Waals surface area contributed by atoms with Crippen LogP contribution in [-0.2, 0) is 11.2 Å². The molecule has 7 heteroatoms. The smallest absolute Gasteiger partial charge is 0.240 e. The highest BCUT2D eigenvalue weighted by Gasteiger charge is 2.24. The SMILES string of the molecule is CN(CCCCCc1cc(-c2ccc(F)cc2)n[nH]1)C(=O)C1CSCN1. The highest BCUT2D eigenvalue weighted by atomic mass is 32.2. The van der Waals surface area contributed by atoms with Crippen molar-refractivity contribution < 1.29 is 9.18 Å². The maximum atomic E-state index is 13.0. The van der Waals surface area contributed by atoms with Crippen LogP contribution in [0.4, 0.5) is 4.39 Å². The van der Waals surface area contributed by atoms with Crippen molar-refractivity contribution in [3.05, 3.63) is 41.8 Å². The van der Waals surface area contributed by atoms with Crippen LogP contribution in [0.1, 0.15) is 25.0 Å². The molecule has 2 N–H and O–H groups in total. The second kappa shape index (κ2) is 9.19. The van der Waals surface area contributed by atoms with Gasteiger partial charge in [-0.2, -0.15) is 5.10 Å². The number of likely N-dealkylation sites (N-methyl/N-ethyl adjacent to an activating group) is 1. The molecule has 1 atom stereocenters. The molecule has 5 nitrogen and oxygen atoms in total. The number of nitrogens with one attached hydrogen (secondary N) is 2. The summed E-state index contributed by atoms with van der Waals surface area (Å²) < 4.78 is 13.0. The van der Waals surface area contributed by atoms with Crippen molar-refractivity contribution >= 4 is 17.7 Å². The van der Waals surface area contributed by atoms with Crippen LogP contribution in [0.3, 0.4) is 0 Å². The number of benzene rings is 1. The highest BCUT2D eigenvalue weighted by Crippen LogP contribution is 2.19. The van der Waals surface area contributed by atoms with Gasteiger partial charge in [0.25, 0.3) is 0 Å². The number of unbranched alkanes of at least 4 members (excludes halogenated alkanes) is 2. The summed E-state index contributed by atoms with van der Waals surface area (Å²) in [5.41, 5.74) is 2.83. The number of nitrogens with zero attached hydrogens (tertiary/aromatic N) is 2. The molecule has 0 bridgehead atoms. The number of aromatic amines is 1. The molecule has 0 spiro atoms. The molecule has 0 saturated carbocycles. The van der Waals surface area contributed by atoms with E-state index in [1.165, 1.54) is 12.1 Å². The van der Waals surface area contributed by atoms with Crippen LogP contribution in [0.2, 0.25) is 0 Å². The molecule has 2 heterocycles. The Balaban J connectivity index is 1.36. The van der Waals surface area contributed by atoms with Crippen molar-refractivity contribution in [1.29, 1.82) is 0 Å². The van der Waals surface area contributed by atoms with E-state index >= 15 is 0 Å². The molecule has 1 amide bonds.